The normalized spacial score (nSPS) is 11.3. The van der Waals surface area contributed by atoms with Crippen LogP contribution < -0.4 is 5.32 Å². The molecule has 0 fully saturated rings. The van der Waals surface area contributed by atoms with E-state index in [9.17, 15) is 4.79 Å². The van der Waals surface area contributed by atoms with Crippen LogP contribution in [0.5, 0.6) is 0 Å². The molecule has 0 aliphatic carbocycles. The fraction of sp³-hybridized carbons (Fsp3) is 0.200. The summed E-state index contributed by atoms with van der Waals surface area (Å²) < 4.78 is 0. The van der Waals surface area contributed by atoms with E-state index < -0.39 is 0 Å². The molecule has 1 heterocycles. The number of hydrogen-bond donors (Lipinski definition) is 2. The van der Waals surface area contributed by atoms with Crippen molar-refractivity contribution in [3.8, 4) is 6.07 Å². The van der Waals surface area contributed by atoms with E-state index in [-0.39, 0.29) is 11.5 Å². The van der Waals surface area contributed by atoms with Gasteiger partial charge in [0.05, 0.1) is 0 Å². The van der Waals surface area contributed by atoms with Crippen LogP contribution in [0.2, 0.25) is 0 Å². The molecule has 0 bridgehead atoms. The van der Waals surface area contributed by atoms with E-state index in [1.807, 2.05) is 37.3 Å². The zero-order valence-electron chi connectivity index (χ0n) is 10.7. The average Bonchev–Trinajstić information content (AvgIpc) is 2.85. The number of carbonyl (C=O) groups excluding carboxylic acids is 1. The fourth-order valence-corrected chi connectivity index (χ4v) is 1.85. The Morgan fingerprint density at radius 1 is 1.47 bits per heavy atom. The molecule has 0 spiro atoms. The van der Waals surface area contributed by atoms with Gasteiger partial charge < -0.3 is 10.3 Å². The zero-order valence-corrected chi connectivity index (χ0v) is 10.7. The second kappa shape index (κ2) is 5.87. The smallest absolute Gasteiger partial charge is 0.261 e. The highest BCUT2D eigenvalue weighted by Crippen LogP contribution is 2.20. The number of carbonyl (C=O) groups is 1. The van der Waals surface area contributed by atoms with Gasteiger partial charge in [0.1, 0.15) is 11.6 Å². The van der Waals surface area contributed by atoms with Crippen molar-refractivity contribution in [2.24, 2.45) is 0 Å². The van der Waals surface area contributed by atoms with E-state index in [0.29, 0.717) is 6.54 Å². The SMILES string of the molecule is CCCNC(=O)/C(C#N)=C/c1c[nH]c2ccccc12. The second-order valence-electron chi connectivity index (χ2n) is 4.22. The highest BCUT2D eigenvalue weighted by Gasteiger charge is 2.09. The topological polar surface area (TPSA) is 68.7 Å². The Bertz CT molecular complexity index is 661. The van der Waals surface area contributed by atoms with Gasteiger partial charge in [0, 0.05) is 29.2 Å². The zero-order chi connectivity index (χ0) is 13.7. The number of aromatic nitrogens is 1. The van der Waals surface area contributed by atoms with Crippen LogP contribution >= 0.6 is 0 Å². The molecule has 1 amide bonds. The average molecular weight is 253 g/mol. The summed E-state index contributed by atoms with van der Waals surface area (Å²) in [5, 5.41) is 12.8. The molecule has 19 heavy (non-hydrogen) atoms. The molecular weight excluding hydrogens is 238 g/mol. The van der Waals surface area contributed by atoms with Crippen molar-refractivity contribution in [1.29, 1.82) is 5.26 Å². The first kappa shape index (κ1) is 12.9. The maximum absolute atomic E-state index is 11.8. The Labute approximate surface area is 111 Å². The molecule has 0 saturated heterocycles. The monoisotopic (exact) mass is 253 g/mol. The molecule has 4 heteroatoms. The van der Waals surface area contributed by atoms with Crippen molar-refractivity contribution in [3.05, 3.63) is 41.6 Å². The summed E-state index contributed by atoms with van der Waals surface area (Å²) in [6.45, 7) is 2.54. The molecule has 0 saturated carbocycles. The number of rotatable bonds is 4. The van der Waals surface area contributed by atoms with Crippen LogP contribution in [0.15, 0.2) is 36.0 Å². The summed E-state index contributed by atoms with van der Waals surface area (Å²) in [6.07, 6.45) is 4.26. The number of nitrogens with zero attached hydrogens (tertiary/aromatic N) is 1. The minimum Gasteiger partial charge on any atom is -0.361 e. The number of benzene rings is 1. The van der Waals surface area contributed by atoms with Crippen molar-refractivity contribution in [1.82, 2.24) is 10.3 Å². The van der Waals surface area contributed by atoms with Crippen LogP contribution in [-0.4, -0.2) is 17.4 Å². The molecule has 4 nitrogen and oxygen atoms in total. The van der Waals surface area contributed by atoms with Crippen LogP contribution in [-0.2, 0) is 4.79 Å². The van der Waals surface area contributed by atoms with Gasteiger partial charge in [-0.3, -0.25) is 4.79 Å². The third-order valence-electron chi connectivity index (χ3n) is 2.82. The van der Waals surface area contributed by atoms with Gasteiger partial charge in [-0.1, -0.05) is 25.1 Å². The molecule has 0 aliphatic rings. The quantitative estimate of drug-likeness (QED) is 0.649. The summed E-state index contributed by atoms with van der Waals surface area (Å²) in [5.41, 5.74) is 1.96. The highest BCUT2D eigenvalue weighted by molar-refractivity contribution is 6.03. The summed E-state index contributed by atoms with van der Waals surface area (Å²) in [4.78, 5) is 14.9. The third kappa shape index (κ3) is 2.83. The molecule has 96 valence electrons. The van der Waals surface area contributed by atoms with Crippen LogP contribution in [0.25, 0.3) is 17.0 Å². The number of aromatic amines is 1. The lowest BCUT2D eigenvalue weighted by Gasteiger charge is -2.01. The van der Waals surface area contributed by atoms with E-state index in [0.717, 1.165) is 22.9 Å². The lowest BCUT2D eigenvalue weighted by atomic mass is 10.1. The minimum absolute atomic E-state index is 0.123. The molecular formula is C15H15N3O. The number of hydrogen-bond acceptors (Lipinski definition) is 2. The summed E-state index contributed by atoms with van der Waals surface area (Å²) in [5.74, 6) is -0.324. The Morgan fingerprint density at radius 3 is 3.00 bits per heavy atom. The highest BCUT2D eigenvalue weighted by atomic mass is 16.1. The molecule has 1 aromatic heterocycles. The van der Waals surface area contributed by atoms with Gasteiger partial charge in [-0.25, -0.2) is 0 Å². The second-order valence-corrected chi connectivity index (χ2v) is 4.22. The van der Waals surface area contributed by atoms with Crippen molar-refractivity contribution < 1.29 is 4.79 Å². The lowest BCUT2D eigenvalue weighted by Crippen LogP contribution is -2.25. The van der Waals surface area contributed by atoms with Crippen LogP contribution in [0.3, 0.4) is 0 Å². The number of nitriles is 1. The molecule has 2 rings (SSSR count). The van der Waals surface area contributed by atoms with Crippen molar-refractivity contribution >= 4 is 22.9 Å². The Kier molecular flexibility index (Phi) is 3.99. The van der Waals surface area contributed by atoms with Crippen molar-refractivity contribution in [2.45, 2.75) is 13.3 Å². The Balaban J connectivity index is 2.33. The first-order chi connectivity index (χ1) is 9.26. The maximum atomic E-state index is 11.8. The summed E-state index contributed by atoms with van der Waals surface area (Å²) in [7, 11) is 0. The van der Waals surface area contributed by atoms with Crippen LogP contribution in [0, 0.1) is 11.3 Å². The Hall–Kier alpha value is -2.54. The predicted octanol–water partition coefficient (Wildman–Crippen LogP) is 2.60. The van der Waals surface area contributed by atoms with E-state index >= 15 is 0 Å². The summed E-state index contributed by atoms with van der Waals surface area (Å²) in [6, 6.07) is 9.72. The van der Waals surface area contributed by atoms with Crippen LogP contribution in [0.1, 0.15) is 18.9 Å². The molecule has 0 aliphatic heterocycles. The van der Waals surface area contributed by atoms with E-state index in [1.54, 1.807) is 12.3 Å². The number of amides is 1. The summed E-state index contributed by atoms with van der Waals surface area (Å²) >= 11 is 0. The van der Waals surface area contributed by atoms with Gasteiger partial charge in [0.25, 0.3) is 5.91 Å². The maximum Gasteiger partial charge on any atom is 0.261 e. The largest absolute Gasteiger partial charge is 0.361 e. The fourth-order valence-electron chi connectivity index (χ4n) is 1.85. The van der Waals surface area contributed by atoms with E-state index in [4.69, 9.17) is 5.26 Å². The van der Waals surface area contributed by atoms with Gasteiger partial charge in [-0.05, 0) is 18.6 Å². The molecule has 0 atom stereocenters. The van der Waals surface area contributed by atoms with Crippen molar-refractivity contribution in [2.75, 3.05) is 6.54 Å². The van der Waals surface area contributed by atoms with Crippen molar-refractivity contribution in [3.63, 3.8) is 0 Å². The minimum atomic E-state index is -0.324. The molecule has 0 radical (unpaired) electrons. The molecule has 2 aromatic rings. The number of fused-ring (bicyclic) bond motifs is 1. The van der Waals surface area contributed by atoms with Gasteiger partial charge in [-0.2, -0.15) is 5.26 Å². The first-order valence-corrected chi connectivity index (χ1v) is 6.22. The third-order valence-corrected chi connectivity index (χ3v) is 2.82. The molecule has 0 unspecified atom stereocenters. The first-order valence-electron chi connectivity index (χ1n) is 6.22. The van der Waals surface area contributed by atoms with Gasteiger partial charge in [0.15, 0.2) is 0 Å². The predicted molar refractivity (Wildman–Crippen MR) is 75.2 cm³/mol. The number of para-hydroxylation sites is 1. The number of nitrogens with one attached hydrogen (secondary N) is 2. The van der Waals surface area contributed by atoms with Gasteiger partial charge in [-0.15, -0.1) is 0 Å². The lowest BCUT2D eigenvalue weighted by molar-refractivity contribution is -0.117. The van der Waals surface area contributed by atoms with E-state index in [2.05, 4.69) is 10.3 Å². The van der Waals surface area contributed by atoms with E-state index in [1.165, 1.54) is 0 Å². The number of H-pyrrole nitrogens is 1. The Morgan fingerprint density at radius 2 is 2.26 bits per heavy atom. The van der Waals surface area contributed by atoms with Crippen LogP contribution in [0.4, 0.5) is 0 Å². The standard InChI is InChI=1S/C15H15N3O/c1-2-7-17-15(19)11(9-16)8-12-10-18-14-6-4-3-5-13(12)14/h3-6,8,10,18H,2,7H2,1H3,(H,17,19)/b11-8+. The van der Waals surface area contributed by atoms with Gasteiger partial charge >= 0.3 is 0 Å². The molecule has 1 aromatic carbocycles. The molecule has 2 N–H and O–H groups in total. The van der Waals surface area contributed by atoms with Gasteiger partial charge in [0.2, 0.25) is 0 Å².